The van der Waals surface area contributed by atoms with E-state index in [4.69, 9.17) is 11.5 Å². The number of ketones is 1. The van der Waals surface area contributed by atoms with E-state index in [1.807, 2.05) is 24.3 Å². The number of amides is 9. The van der Waals surface area contributed by atoms with E-state index in [0.717, 1.165) is 11.1 Å². The smallest absolute Gasteiger partial charge is 0.305 e. The minimum Gasteiger partial charge on any atom is -0.508 e. The van der Waals surface area contributed by atoms with Crippen LogP contribution in [-0.2, 0) is 83.5 Å². The molecule has 2 aliphatic carbocycles. The van der Waals surface area contributed by atoms with Gasteiger partial charge in [0.15, 0.2) is 5.78 Å². The van der Waals surface area contributed by atoms with Crippen LogP contribution in [-0.4, -0.2) is 175 Å². The minimum absolute atomic E-state index is 0.0325. The Labute approximate surface area is 585 Å². The number of carbonyl (C=O) groups is 11. The first-order valence-corrected chi connectivity index (χ1v) is 36.4. The van der Waals surface area contributed by atoms with Crippen LogP contribution in [0.5, 0.6) is 5.75 Å². The number of primary amides is 1. The topological polar surface area (TPSA) is 412 Å². The van der Waals surface area contributed by atoms with Crippen LogP contribution in [0, 0.1) is 29.5 Å². The SMILES string of the molecule is NCCCC[C@@H]1NC(=O)CCSCc2cccc(c2)CSC[C@H](C(N)=O)CC(=O)[C@@H]2CCCN2C(=O)[C@H](Cc2ccc(O)cc2)NC(=O)[C@H](Cc2cnc[nH]2)NC(=O)[C@H](CC(=O)O)NC(=O)[C@H](CC2CCC3CCC(F)CC32)NC(=O)[C@H](Cc2c[nH]c3ccc(F)cc23)NC(=O)CNC1=O. The van der Waals surface area contributed by atoms with Gasteiger partial charge in [-0.1, -0.05) is 36.4 Å². The van der Waals surface area contributed by atoms with Gasteiger partial charge in [-0.05, 0) is 148 Å². The van der Waals surface area contributed by atoms with Gasteiger partial charge >= 0.3 is 5.97 Å². The Bertz CT molecular complexity index is 3720. The molecule has 0 spiro atoms. The number of carboxylic acids is 1. The van der Waals surface area contributed by atoms with Crippen LogP contribution in [0.25, 0.3) is 10.9 Å². The standard InChI is InChI=1S/C70H89F2N13O13S2/c71-46-14-13-42-11-12-43(50(42)28-46)25-55-67(95)83-57(31-63(90)91)69(97)82-56(30-48-33-75-38-78-48)68(96)84-58(24-39-9-16-49(86)17-10-39)70(98)85-21-4-8-59(85)60(87)27-45(64(74)92)37-100-36-41-6-3-5-40(23-41)35-99-22-19-61(88)79-53(7-1-2-20-73)65(93)77-34-62(89)80-54(66(94)81-55)26-44-32-76-52-18-15-47(72)29-51(44)52/h3,5-6,9-10,15-18,23,29,32-33,38,42-43,45-46,50,53-59,76,86H,1-2,4,7-8,11-14,19-22,24-28,30-31,34-37,73H2,(H2,74,92)(H,75,78)(H,77,93)(H,79,88)(H,80,89)(H,81,94)(H,82,97)(H,83,95)(H,84,96)(H,90,91)/t42?,43?,45-,46?,50?,53+,54+,55+,56+,57+,58+,59+/m1/s1. The Balaban J connectivity index is 1.04. The van der Waals surface area contributed by atoms with E-state index in [1.54, 1.807) is 0 Å². The van der Waals surface area contributed by atoms with Gasteiger partial charge in [0.25, 0.3) is 0 Å². The van der Waals surface area contributed by atoms with Gasteiger partial charge in [-0.15, -0.1) is 0 Å². The number of halogens is 2. The van der Waals surface area contributed by atoms with Crippen LogP contribution >= 0.6 is 23.5 Å². The number of imidazole rings is 1. The molecule has 2 bridgehead atoms. The third kappa shape index (κ3) is 21.6. The molecule has 30 heteroatoms. The van der Waals surface area contributed by atoms with Crippen molar-refractivity contribution in [3.63, 3.8) is 0 Å². The Morgan fingerprint density at radius 3 is 2.13 bits per heavy atom. The van der Waals surface area contributed by atoms with Crippen LogP contribution in [0.1, 0.15) is 118 Å². The molecule has 538 valence electrons. The van der Waals surface area contributed by atoms with Crippen LogP contribution in [0.3, 0.4) is 0 Å². The summed E-state index contributed by atoms with van der Waals surface area (Å²) in [5.74, 6) is -10.2. The van der Waals surface area contributed by atoms with Crippen LogP contribution in [0.2, 0.25) is 0 Å². The third-order valence-electron chi connectivity index (χ3n) is 19.2. The van der Waals surface area contributed by atoms with Crippen molar-refractivity contribution >= 4 is 99.3 Å². The van der Waals surface area contributed by atoms with Crippen molar-refractivity contribution in [1.29, 1.82) is 0 Å². The summed E-state index contributed by atoms with van der Waals surface area (Å²) in [6, 6.07) is 7.18. The molecular formula is C70H89F2N13O13S2. The molecule has 2 aliphatic heterocycles. The van der Waals surface area contributed by atoms with Gasteiger partial charge < -0.3 is 73.8 Å². The number of aromatic hydroxyl groups is 1. The average molecular weight is 1420 g/mol. The number of phenolic OH excluding ortho intramolecular Hbond substituents is 1. The number of nitrogens with one attached hydrogen (secondary N) is 9. The number of nitrogens with zero attached hydrogens (tertiary/aromatic N) is 2. The van der Waals surface area contributed by atoms with Gasteiger partial charge in [0, 0.05) is 90.7 Å². The largest absolute Gasteiger partial charge is 0.508 e. The van der Waals surface area contributed by atoms with Gasteiger partial charge in [0.1, 0.15) is 54.0 Å². The van der Waals surface area contributed by atoms with E-state index in [-0.39, 0.29) is 93.6 Å². The number of rotatable bonds is 15. The predicted molar refractivity (Wildman–Crippen MR) is 369 cm³/mol. The molecule has 4 heterocycles. The third-order valence-corrected chi connectivity index (χ3v) is 21.4. The highest BCUT2D eigenvalue weighted by Gasteiger charge is 2.44. The summed E-state index contributed by atoms with van der Waals surface area (Å²) >= 11 is 2.88. The molecule has 4 aliphatic rings. The fourth-order valence-electron chi connectivity index (χ4n) is 14.0. The fourth-order valence-corrected chi connectivity index (χ4v) is 16.0. The summed E-state index contributed by atoms with van der Waals surface area (Å²) in [5, 5.41) is 39.5. The number of alkyl halides is 1. The van der Waals surface area contributed by atoms with Gasteiger partial charge in [-0.25, -0.2) is 13.8 Å². The second-order valence-electron chi connectivity index (χ2n) is 26.4. The fraction of sp³-hybridized carbons (Fsp3) is 0.514. The van der Waals surface area contributed by atoms with Crippen molar-refractivity contribution in [2.24, 2.45) is 35.1 Å². The molecule has 2 saturated carbocycles. The average Bonchev–Trinajstić information content (AvgIpc) is 1.64. The number of aromatic amines is 2. The summed E-state index contributed by atoms with van der Waals surface area (Å²) in [5.41, 5.74) is 15.2. The number of hydrogen-bond donors (Lipinski definition) is 13. The number of carbonyl (C=O) groups excluding carboxylic acids is 10. The molecule has 1 saturated heterocycles. The monoisotopic (exact) mass is 1420 g/mol. The molecule has 26 nitrogen and oxygen atoms in total. The lowest BCUT2D eigenvalue weighted by atomic mass is 9.75. The zero-order valence-corrected chi connectivity index (χ0v) is 57.1. The molecule has 100 heavy (non-hydrogen) atoms. The van der Waals surface area contributed by atoms with E-state index in [9.17, 15) is 53.0 Å². The Morgan fingerprint density at radius 1 is 0.710 bits per heavy atom. The molecule has 9 amide bonds. The van der Waals surface area contributed by atoms with Crippen LogP contribution in [0.15, 0.2) is 85.5 Å². The molecule has 2 aromatic heterocycles. The number of benzene rings is 3. The first-order valence-electron chi connectivity index (χ1n) is 34.1. The normalized spacial score (nSPS) is 26.6. The number of H-pyrrole nitrogens is 2. The van der Waals surface area contributed by atoms with Gasteiger partial charge in [0.05, 0.1) is 31.3 Å². The second-order valence-corrected chi connectivity index (χ2v) is 28.6. The lowest BCUT2D eigenvalue weighted by Gasteiger charge is -2.33. The molecular weight excluding hydrogens is 1330 g/mol. The molecule has 15 N–H and O–H groups in total. The number of thioether (sulfide) groups is 2. The van der Waals surface area contributed by atoms with Gasteiger partial charge in [-0.2, -0.15) is 23.5 Å². The highest BCUT2D eigenvalue weighted by atomic mass is 32.2. The lowest BCUT2D eigenvalue weighted by molar-refractivity contribution is -0.142. The molecule has 5 aromatic rings. The van der Waals surface area contributed by atoms with Crippen molar-refractivity contribution in [1.82, 2.24) is 57.1 Å². The molecule has 9 rings (SSSR count). The number of aromatic nitrogens is 3. The Hall–Kier alpha value is -8.90. The number of aliphatic carboxylic acids is 1. The van der Waals surface area contributed by atoms with E-state index >= 15 is 18.8 Å². The molecule has 0 radical (unpaired) electrons. The van der Waals surface area contributed by atoms with E-state index < -0.39 is 138 Å². The van der Waals surface area contributed by atoms with Crippen molar-refractivity contribution in [2.75, 3.05) is 31.1 Å². The lowest BCUT2D eigenvalue weighted by Crippen LogP contribution is -2.60. The minimum atomic E-state index is -1.97. The van der Waals surface area contributed by atoms with E-state index in [2.05, 4.69) is 52.2 Å². The second kappa shape index (κ2) is 36.4. The van der Waals surface area contributed by atoms with Crippen LogP contribution in [0.4, 0.5) is 8.78 Å². The zero-order chi connectivity index (χ0) is 71.4. The first-order chi connectivity index (χ1) is 48.1. The summed E-state index contributed by atoms with van der Waals surface area (Å²) in [6.07, 6.45) is 4.85. The summed E-state index contributed by atoms with van der Waals surface area (Å²) in [6.45, 7) is -0.298. The van der Waals surface area contributed by atoms with Crippen molar-refractivity contribution in [2.45, 2.75) is 169 Å². The molecule has 12 atom stereocenters. The zero-order valence-electron chi connectivity index (χ0n) is 55.5. The summed E-state index contributed by atoms with van der Waals surface area (Å²) in [4.78, 5) is 168. The number of unbranched alkanes of at least 4 members (excludes halogenated alkanes) is 1. The van der Waals surface area contributed by atoms with Crippen molar-refractivity contribution in [3.05, 3.63) is 119 Å². The quantitative estimate of drug-likeness (QED) is 0.0666. The highest BCUT2D eigenvalue weighted by molar-refractivity contribution is 7.98. The first kappa shape index (κ1) is 75.3. The summed E-state index contributed by atoms with van der Waals surface area (Å²) in [7, 11) is 0. The number of carboxylic acid groups (broad SMARTS) is 1. The molecule has 3 fully saturated rings. The maximum absolute atomic E-state index is 15.3. The molecule has 3 aromatic carbocycles. The number of Topliss-reactive ketones (excluding diaryl/α,β-unsaturated/α-hetero) is 1. The van der Waals surface area contributed by atoms with Crippen LogP contribution < -0.4 is 48.7 Å². The predicted octanol–water partition coefficient (Wildman–Crippen LogP) is 3.57. The maximum atomic E-state index is 15.3. The van der Waals surface area contributed by atoms with Gasteiger partial charge in [0.2, 0.25) is 53.2 Å². The van der Waals surface area contributed by atoms with Crippen molar-refractivity contribution < 1.29 is 71.7 Å². The maximum Gasteiger partial charge on any atom is 0.305 e. The number of phenols is 1. The number of hydrogen-bond acceptors (Lipinski definition) is 16. The molecule has 4 unspecified atom stereocenters. The Morgan fingerprint density at radius 2 is 1.40 bits per heavy atom. The highest BCUT2D eigenvalue weighted by Crippen LogP contribution is 2.48. The van der Waals surface area contributed by atoms with E-state index in [0.29, 0.717) is 96.5 Å². The number of fused-ring (bicyclic) bond motifs is 5. The summed E-state index contributed by atoms with van der Waals surface area (Å²) < 4.78 is 30.1. The van der Waals surface area contributed by atoms with E-state index in [1.165, 1.54) is 89.6 Å². The van der Waals surface area contributed by atoms with Gasteiger partial charge in [-0.3, -0.25) is 52.7 Å². The number of nitrogens with two attached hydrogens (primary N) is 2. The Kier molecular flexibility index (Phi) is 27.4. The van der Waals surface area contributed by atoms with Crippen molar-refractivity contribution in [3.8, 4) is 5.75 Å².